The molecule has 4 nitrogen and oxygen atoms in total. The minimum atomic E-state index is -0.361. The van der Waals surface area contributed by atoms with Crippen molar-refractivity contribution in [1.29, 1.82) is 0 Å². The van der Waals surface area contributed by atoms with Crippen molar-refractivity contribution in [3.8, 4) is 5.75 Å². The first-order valence-corrected chi connectivity index (χ1v) is 8.05. The SMILES string of the molecule is COC(=O)c1ccc(SC)cc1OC1CCC(N)CC1. The minimum Gasteiger partial charge on any atom is -0.489 e. The average Bonchev–Trinajstić information content (AvgIpc) is 2.48. The van der Waals surface area contributed by atoms with Crippen LogP contribution in [0.2, 0.25) is 0 Å². The van der Waals surface area contributed by atoms with Crippen LogP contribution in [0, 0.1) is 0 Å². The van der Waals surface area contributed by atoms with Crippen LogP contribution in [0.15, 0.2) is 23.1 Å². The minimum absolute atomic E-state index is 0.135. The maximum Gasteiger partial charge on any atom is 0.341 e. The van der Waals surface area contributed by atoms with Crippen LogP contribution in [0.25, 0.3) is 0 Å². The Bertz CT molecular complexity index is 470. The van der Waals surface area contributed by atoms with Gasteiger partial charge in [0.15, 0.2) is 0 Å². The van der Waals surface area contributed by atoms with Crippen LogP contribution in [0.4, 0.5) is 0 Å². The molecule has 0 radical (unpaired) electrons. The van der Waals surface area contributed by atoms with Gasteiger partial charge in [0.1, 0.15) is 11.3 Å². The lowest BCUT2D eigenvalue weighted by molar-refractivity contribution is 0.0589. The van der Waals surface area contributed by atoms with E-state index in [0.29, 0.717) is 11.3 Å². The van der Waals surface area contributed by atoms with Gasteiger partial charge in [-0.2, -0.15) is 0 Å². The normalized spacial score (nSPS) is 22.4. The van der Waals surface area contributed by atoms with Crippen LogP contribution in [-0.4, -0.2) is 31.5 Å². The molecule has 0 atom stereocenters. The summed E-state index contributed by atoms with van der Waals surface area (Å²) >= 11 is 1.62. The molecule has 110 valence electrons. The van der Waals surface area contributed by atoms with Crippen molar-refractivity contribution in [2.45, 2.75) is 42.7 Å². The van der Waals surface area contributed by atoms with E-state index in [-0.39, 0.29) is 18.1 Å². The number of rotatable bonds is 4. The molecule has 0 saturated heterocycles. The topological polar surface area (TPSA) is 61.5 Å². The summed E-state index contributed by atoms with van der Waals surface area (Å²) in [6.45, 7) is 0. The molecule has 1 aromatic rings. The van der Waals surface area contributed by atoms with E-state index in [4.69, 9.17) is 15.2 Å². The van der Waals surface area contributed by atoms with Crippen molar-refractivity contribution in [3.05, 3.63) is 23.8 Å². The Kier molecular flexibility index (Phi) is 5.31. The molecule has 0 heterocycles. The number of benzene rings is 1. The highest BCUT2D eigenvalue weighted by Crippen LogP contribution is 2.30. The van der Waals surface area contributed by atoms with Crippen molar-refractivity contribution in [2.75, 3.05) is 13.4 Å². The molecule has 1 aliphatic rings. The fraction of sp³-hybridized carbons (Fsp3) is 0.533. The van der Waals surface area contributed by atoms with Crippen LogP contribution in [0.5, 0.6) is 5.75 Å². The standard InChI is InChI=1S/C15H21NO3S/c1-18-15(17)13-8-7-12(20-2)9-14(13)19-11-5-3-10(16)4-6-11/h7-11H,3-6,16H2,1-2H3. The monoisotopic (exact) mass is 295 g/mol. The van der Waals surface area contributed by atoms with Crippen molar-refractivity contribution in [3.63, 3.8) is 0 Å². The predicted molar refractivity (Wildman–Crippen MR) is 80.4 cm³/mol. The molecular weight excluding hydrogens is 274 g/mol. The maximum absolute atomic E-state index is 11.8. The number of methoxy groups -OCH3 is 1. The summed E-state index contributed by atoms with van der Waals surface area (Å²) in [6.07, 6.45) is 5.95. The van der Waals surface area contributed by atoms with Gasteiger partial charge in [0, 0.05) is 10.9 Å². The Hall–Kier alpha value is -1.20. The zero-order chi connectivity index (χ0) is 14.5. The van der Waals surface area contributed by atoms with Gasteiger partial charge in [-0.05, 0) is 50.1 Å². The molecule has 20 heavy (non-hydrogen) atoms. The van der Waals surface area contributed by atoms with Gasteiger partial charge in [0.25, 0.3) is 0 Å². The lowest BCUT2D eigenvalue weighted by atomic mass is 9.93. The van der Waals surface area contributed by atoms with Gasteiger partial charge in [0.2, 0.25) is 0 Å². The first-order chi connectivity index (χ1) is 9.63. The number of nitrogens with two attached hydrogens (primary N) is 1. The second kappa shape index (κ2) is 6.99. The zero-order valence-electron chi connectivity index (χ0n) is 11.9. The largest absolute Gasteiger partial charge is 0.489 e. The van der Waals surface area contributed by atoms with E-state index in [1.54, 1.807) is 17.8 Å². The molecule has 0 bridgehead atoms. The van der Waals surface area contributed by atoms with Crippen molar-refractivity contribution >= 4 is 17.7 Å². The molecule has 5 heteroatoms. The molecule has 2 rings (SSSR count). The van der Waals surface area contributed by atoms with Crippen LogP contribution < -0.4 is 10.5 Å². The molecule has 1 saturated carbocycles. The Morgan fingerprint density at radius 3 is 2.60 bits per heavy atom. The second-order valence-corrected chi connectivity index (χ2v) is 5.89. The summed E-state index contributed by atoms with van der Waals surface area (Å²) < 4.78 is 10.8. The number of ether oxygens (including phenoxy) is 2. The molecule has 0 spiro atoms. The Morgan fingerprint density at radius 2 is 2.00 bits per heavy atom. The maximum atomic E-state index is 11.8. The summed E-state index contributed by atoms with van der Waals surface area (Å²) in [5.74, 6) is 0.254. The van der Waals surface area contributed by atoms with Crippen molar-refractivity contribution in [1.82, 2.24) is 0 Å². The van der Waals surface area contributed by atoms with E-state index < -0.39 is 0 Å². The fourth-order valence-corrected chi connectivity index (χ4v) is 2.82. The first kappa shape index (κ1) is 15.2. The highest BCUT2D eigenvalue weighted by Gasteiger charge is 2.22. The van der Waals surface area contributed by atoms with Crippen LogP contribution in [0.1, 0.15) is 36.0 Å². The van der Waals surface area contributed by atoms with Crippen molar-refractivity contribution < 1.29 is 14.3 Å². The third-order valence-electron chi connectivity index (χ3n) is 3.61. The smallest absolute Gasteiger partial charge is 0.341 e. The van der Waals surface area contributed by atoms with Gasteiger partial charge in [0.05, 0.1) is 13.2 Å². The van der Waals surface area contributed by atoms with Crippen molar-refractivity contribution in [2.24, 2.45) is 5.73 Å². The molecule has 0 unspecified atom stereocenters. The van der Waals surface area contributed by atoms with Crippen LogP contribution in [-0.2, 0) is 4.74 Å². The van der Waals surface area contributed by atoms with Gasteiger partial charge in [-0.25, -0.2) is 4.79 Å². The fourth-order valence-electron chi connectivity index (χ4n) is 2.39. The quantitative estimate of drug-likeness (QED) is 0.683. The Balaban J connectivity index is 2.17. The summed E-state index contributed by atoms with van der Waals surface area (Å²) in [6, 6.07) is 5.86. The molecule has 0 aliphatic heterocycles. The second-order valence-electron chi connectivity index (χ2n) is 5.01. The lowest BCUT2D eigenvalue weighted by Crippen LogP contribution is -2.32. The lowest BCUT2D eigenvalue weighted by Gasteiger charge is -2.27. The molecule has 0 amide bonds. The third-order valence-corrected chi connectivity index (χ3v) is 4.33. The summed E-state index contributed by atoms with van der Waals surface area (Å²) in [5.41, 5.74) is 6.39. The average molecular weight is 295 g/mol. The van der Waals surface area contributed by atoms with Crippen LogP contribution >= 0.6 is 11.8 Å². The van der Waals surface area contributed by atoms with Gasteiger partial charge >= 0.3 is 5.97 Å². The molecule has 1 aliphatic carbocycles. The van der Waals surface area contributed by atoms with E-state index in [1.807, 2.05) is 18.4 Å². The molecule has 2 N–H and O–H groups in total. The number of esters is 1. The van der Waals surface area contributed by atoms with Gasteiger partial charge in [-0.3, -0.25) is 0 Å². The summed E-state index contributed by atoms with van der Waals surface area (Å²) in [4.78, 5) is 12.9. The number of hydrogen-bond donors (Lipinski definition) is 1. The van der Waals surface area contributed by atoms with Crippen LogP contribution in [0.3, 0.4) is 0 Å². The molecule has 0 aromatic heterocycles. The number of carbonyl (C=O) groups excluding carboxylic acids is 1. The van der Waals surface area contributed by atoms with E-state index in [2.05, 4.69) is 0 Å². The molecule has 1 aromatic carbocycles. The summed E-state index contributed by atoms with van der Waals surface area (Å²) in [7, 11) is 1.38. The molecular formula is C15H21NO3S. The van der Waals surface area contributed by atoms with E-state index >= 15 is 0 Å². The number of hydrogen-bond acceptors (Lipinski definition) is 5. The van der Waals surface area contributed by atoms with E-state index in [9.17, 15) is 4.79 Å². The third kappa shape index (κ3) is 3.67. The highest BCUT2D eigenvalue weighted by atomic mass is 32.2. The predicted octanol–water partition coefficient (Wildman–Crippen LogP) is 2.84. The zero-order valence-corrected chi connectivity index (χ0v) is 12.7. The molecule has 1 fully saturated rings. The number of carbonyl (C=O) groups is 1. The van der Waals surface area contributed by atoms with E-state index in [1.165, 1.54) is 7.11 Å². The Labute approximate surface area is 124 Å². The Morgan fingerprint density at radius 1 is 1.30 bits per heavy atom. The highest BCUT2D eigenvalue weighted by molar-refractivity contribution is 7.98. The first-order valence-electron chi connectivity index (χ1n) is 6.82. The van der Waals surface area contributed by atoms with Gasteiger partial charge in [-0.15, -0.1) is 11.8 Å². The van der Waals surface area contributed by atoms with E-state index in [0.717, 1.165) is 30.6 Å². The van der Waals surface area contributed by atoms with Gasteiger partial charge < -0.3 is 15.2 Å². The number of thioether (sulfide) groups is 1. The summed E-state index contributed by atoms with van der Waals surface area (Å²) in [5, 5.41) is 0. The van der Waals surface area contributed by atoms with Gasteiger partial charge in [-0.1, -0.05) is 0 Å².